The van der Waals surface area contributed by atoms with Crippen LogP contribution in [0.2, 0.25) is 0 Å². The molecule has 1 heterocycles. The molecule has 2 atom stereocenters. The Morgan fingerprint density at radius 1 is 1.35 bits per heavy atom. The number of thiophene rings is 1. The zero-order valence-electron chi connectivity index (χ0n) is 12.3. The van der Waals surface area contributed by atoms with E-state index in [-0.39, 0.29) is 6.04 Å². The van der Waals surface area contributed by atoms with Gasteiger partial charge in [-0.15, -0.1) is 0 Å². The van der Waals surface area contributed by atoms with Gasteiger partial charge in [-0.05, 0) is 41.1 Å². The highest BCUT2D eigenvalue weighted by atomic mass is 32.1. The number of carboxylic acids is 1. The van der Waals surface area contributed by atoms with E-state index in [4.69, 9.17) is 5.11 Å². The van der Waals surface area contributed by atoms with E-state index in [0.717, 1.165) is 12.0 Å². The number of amides is 2. The summed E-state index contributed by atoms with van der Waals surface area (Å²) in [5, 5.41) is 18.5. The van der Waals surface area contributed by atoms with Gasteiger partial charge >= 0.3 is 12.0 Å². The molecule has 0 aliphatic carbocycles. The van der Waals surface area contributed by atoms with Gasteiger partial charge in [0.05, 0.1) is 0 Å². The third kappa shape index (κ3) is 5.21. The molecule has 0 fully saturated rings. The zero-order valence-corrected chi connectivity index (χ0v) is 13.1. The van der Waals surface area contributed by atoms with Crippen LogP contribution in [0.25, 0.3) is 0 Å². The Labute approximate surface area is 123 Å². The summed E-state index contributed by atoms with van der Waals surface area (Å²) in [6.07, 6.45) is 0.726. The first-order chi connectivity index (χ1) is 9.20. The minimum absolute atomic E-state index is 0.0565. The number of aliphatic carboxylic acids is 1. The summed E-state index contributed by atoms with van der Waals surface area (Å²) in [6, 6.07) is 0.584. The van der Waals surface area contributed by atoms with Crippen molar-refractivity contribution in [2.45, 2.75) is 46.2 Å². The molecule has 0 saturated heterocycles. The van der Waals surface area contributed by atoms with Crippen molar-refractivity contribution >= 4 is 23.3 Å². The highest BCUT2D eigenvalue weighted by Gasteiger charge is 2.32. The molecule has 3 N–H and O–H groups in total. The topological polar surface area (TPSA) is 78.4 Å². The molecule has 0 aliphatic rings. The molecular formula is C14H22N2O3S. The number of carbonyl (C=O) groups excluding carboxylic acids is 1. The van der Waals surface area contributed by atoms with E-state index in [2.05, 4.69) is 10.6 Å². The zero-order chi connectivity index (χ0) is 15.3. The average Bonchev–Trinajstić information content (AvgIpc) is 2.76. The van der Waals surface area contributed by atoms with Crippen LogP contribution in [0.4, 0.5) is 4.79 Å². The monoisotopic (exact) mass is 298 g/mol. The first kappa shape index (κ1) is 16.5. The SMILES string of the molecule is CC(Cc1ccsc1)NC(=O)N[C@H](C(=O)O)C(C)(C)C. The molecule has 1 aromatic rings. The van der Waals surface area contributed by atoms with Crippen LogP contribution < -0.4 is 10.6 Å². The highest BCUT2D eigenvalue weighted by molar-refractivity contribution is 7.07. The second kappa shape index (κ2) is 6.74. The van der Waals surface area contributed by atoms with E-state index in [1.165, 1.54) is 0 Å². The quantitative estimate of drug-likeness (QED) is 0.781. The number of nitrogens with one attached hydrogen (secondary N) is 2. The number of hydrogen-bond donors (Lipinski definition) is 3. The van der Waals surface area contributed by atoms with Gasteiger partial charge in [-0.1, -0.05) is 20.8 Å². The van der Waals surface area contributed by atoms with Gasteiger partial charge in [0.2, 0.25) is 0 Å². The van der Waals surface area contributed by atoms with Gasteiger partial charge in [-0.3, -0.25) is 0 Å². The van der Waals surface area contributed by atoms with Crippen LogP contribution in [0.1, 0.15) is 33.3 Å². The number of urea groups is 1. The average molecular weight is 298 g/mol. The lowest BCUT2D eigenvalue weighted by Gasteiger charge is -2.28. The van der Waals surface area contributed by atoms with Crippen molar-refractivity contribution < 1.29 is 14.7 Å². The van der Waals surface area contributed by atoms with Crippen LogP contribution in [-0.2, 0) is 11.2 Å². The summed E-state index contributed by atoms with van der Waals surface area (Å²) < 4.78 is 0. The minimum atomic E-state index is -1.03. The lowest BCUT2D eigenvalue weighted by atomic mass is 9.87. The fourth-order valence-electron chi connectivity index (χ4n) is 1.86. The van der Waals surface area contributed by atoms with Crippen LogP contribution >= 0.6 is 11.3 Å². The molecule has 6 heteroatoms. The van der Waals surface area contributed by atoms with Gasteiger partial charge in [0.15, 0.2) is 0 Å². The van der Waals surface area contributed by atoms with E-state index < -0.39 is 23.5 Å². The molecule has 1 rings (SSSR count). The molecule has 20 heavy (non-hydrogen) atoms. The van der Waals surface area contributed by atoms with Gasteiger partial charge < -0.3 is 15.7 Å². The maximum atomic E-state index is 11.9. The Bertz CT molecular complexity index is 451. The van der Waals surface area contributed by atoms with Crippen LogP contribution in [0.3, 0.4) is 0 Å². The second-order valence-electron chi connectivity index (χ2n) is 5.99. The Morgan fingerprint density at radius 2 is 2.00 bits per heavy atom. The number of rotatable bonds is 5. The molecule has 1 unspecified atom stereocenters. The van der Waals surface area contributed by atoms with Crippen molar-refractivity contribution in [3.05, 3.63) is 22.4 Å². The van der Waals surface area contributed by atoms with E-state index in [1.807, 2.05) is 23.8 Å². The number of carboxylic acid groups (broad SMARTS) is 1. The van der Waals surface area contributed by atoms with Crippen molar-refractivity contribution in [1.82, 2.24) is 10.6 Å². The summed E-state index contributed by atoms with van der Waals surface area (Å²) in [5.41, 5.74) is 0.619. The fraction of sp³-hybridized carbons (Fsp3) is 0.571. The maximum Gasteiger partial charge on any atom is 0.326 e. The molecule has 112 valence electrons. The van der Waals surface area contributed by atoms with Crippen LogP contribution in [0.15, 0.2) is 16.8 Å². The first-order valence-corrected chi connectivity index (χ1v) is 7.45. The summed E-state index contributed by atoms with van der Waals surface area (Å²) in [7, 11) is 0. The number of hydrogen-bond acceptors (Lipinski definition) is 3. The Hall–Kier alpha value is -1.56. The highest BCUT2D eigenvalue weighted by Crippen LogP contribution is 2.19. The Kier molecular flexibility index (Phi) is 5.56. The van der Waals surface area contributed by atoms with E-state index in [0.29, 0.717) is 0 Å². The normalized spacial score (nSPS) is 14.4. The minimum Gasteiger partial charge on any atom is -0.480 e. The summed E-state index contributed by atoms with van der Waals surface area (Å²) in [6.45, 7) is 7.23. The van der Waals surface area contributed by atoms with Crippen molar-refractivity contribution in [3.8, 4) is 0 Å². The maximum absolute atomic E-state index is 11.9. The third-order valence-electron chi connectivity index (χ3n) is 2.89. The lowest BCUT2D eigenvalue weighted by molar-refractivity contribution is -0.141. The van der Waals surface area contributed by atoms with Crippen LogP contribution in [0, 0.1) is 5.41 Å². The van der Waals surface area contributed by atoms with Crippen LogP contribution in [0.5, 0.6) is 0 Å². The largest absolute Gasteiger partial charge is 0.480 e. The predicted molar refractivity (Wildman–Crippen MR) is 80.0 cm³/mol. The Balaban J connectivity index is 2.51. The third-order valence-corrected chi connectivity index (χ3v) is 3.62. The molecule has 1 aromatic heterocycles. The summed E-state index contributed by atoms with van der Waals surface area (Å²) in [5.74, 6) is -1.03. The first-order valence-electron chi connectivity index (χ1n) is 6.51. The van der Waals surface area contributed by atoms with E-state index in [1.54, 1.807) is 32.1 Å². The molecule has 0 aliphatic heterocycles. The molecule has 5 nitrogen and oxygen atoms in total. The van der Waals surface area contributed by atoms with E-state index >= 15 is 0 Å². The van der Waals surface area contributed by atoms with Gasteiger partial charge in [0.25, 0.3) is 0 Å². The molecule has 0 aromatic carbocycles. The predicted octanol–water partition coefficient (Wildman–Crippen LogP) is 2.48. The van der Waals surface area contributed by atoms with Crippen molar-refractivity contribution in [2.24, 2.45) is 5.41 Å². The van der Waals surface area contributed by atoms with Crippen molar-refractivity contribution in [3.63, 3.8) is 0 Å². The second-order valence-corrected chi connectivity index (χ2v) is 6.77. The van der Waals surface area contributed by atoms with Gasteiger partial charge in [0.1, 0.15) is 6.04 Å². The molecule has 0 spiro atoms. The standard InChI is InChI=1S/C14H22N2O3S/c1-9(7-10-5-6-20-8-10)15-13(19)16-11(12(17)18)14(2,3)4/h5-6,8-9,11H,7H2,1-4H3,(H,17,18)(H2,15,16,19)/t9?,11-/m1/s1. The molecule has 0 saturated carbocycles. The van der Waals surface area contributed by atoms with E-state index in [9.17, 15) is 9.59 Å². The van der Waals surface area contributed by atoms with Crippen molar-refractivity contribution in [2.75, 3.05) is 0 Å². The molecular weight excluding hydrogens is 276 g/mol. The lowest BCUT2D eigenvalue weighted by Crippen LogP contribution is -2.53. The van der Waals surface area contributed by atoms with Gasteiger partial charge in [0, 0.05) is 6.04 Å². The van der Waals surface area contributed by atoms with Crippen molar-refractivity contribution in [1.29, 1.82) is 0 Å². The van der Waals surface area contributed by atoms with Gasteiger partial charge in [-0.25, -0.2) is 9.59 Å². The molecule has 2 amide bonds. The van der Waals surface area contributed by atoms with Gasteiger partial charge in [-0.2, -0.15) is 11.3 Å². The smallest absolute Gasteiger partial charge is 0.326 e. The number of carbonyl (C=O) groups is 2. The molecule has 0 bridgehead atoms. The summed E-state index contributed by atoms with van der Waals surface area (Å²) >= 11 is 1.61. The van der Waals surface area contributed by atoms with Crippen LogP contribution in [-0.4, -0.2) is 29.2 Å². The fourth-order valence-corrected chi connectivity index (χ4v) is 2.54. The summed E-state index contributed by atoms with van der Waals surface area (Å²) in [4.78, 5) is 23.0. The Morgan fingerprint density at radius 3 is 2.45 bits per heavy atom. The molecule has 0 radical (unpaired) electrons.